The van der Waals surface area contributed by atoms with E-state index < -0.39 is 0 Å². The summed E-state index contributed by atoms with van der Waals surface area (Å²) in [5, 5.41) is 2.44. The maximum absolute atomic E-state index is 5.11. The van der Waals surface area contributed by atoms with Crippen LogP contribution in [-0.2, 0) is 0 Å². The third kappa shape index (κ3) is 4.69. The monoisotopic (exact) mass is 691 g/mol. The molecule has 11 aromatic rings. The smallest absolute Gasteiger partial charge is 0.220 e. The molecule has 0 N–H and O–H groups in total. The first-order chi connectivity index (χ1) is 26.8. The van der Waals surface area contributed by atoms with E-state index in [-0.39, 0.29) is 0 Å². The lowest BCUT2D eigenvalue weighted by atomic mass is 10.0. The number of para-hydroxylation sites is 6. The van der Waals surface area contributed by atoms with E-state index in [9.17, 15) is 0 Å². The quantitative estimate of drug-likeness (QED) is 0.174. The van der Waals surface area contributed by atoms with Crippen molar-refractivity contribution >= 4 is 66.7 Å². The molecule has 3 heterocycles. The molecule has 0 spiro atoms. The Hall–Kier alpha value is -7.37. The van der Waals surface area contributed by atoms with Gasteiger partial charge >= 0.3 is 0 Å². The van der Waals surface area contributed by atoms with Crippen LogP contribution in [0, 0.1) is 0 Å². The zero-order chi connectivity index (χ0) is 35.6. The number of benzene rings is 8. The summed E-state index contributed by atoms with van der Waals surface area (Å²) in [6.07, 6.45) is 0. The molecule has 0 saturated carbocycles. The summed E-state index contributed by atoms with van der Waals surface area (Å²) in [5.74, 6) is 0.902. The highest BCUT2D eigenvalue weighted by atomic mass is 15.2. The third-order valence-corrected chi connectivity index (χ3v) is 10.6. The second-order valence-corrected chi connectivity index (χ2v) is 13.7. The van der Waals surface area contributed by atoms with Gasteiger partial charge in [-0.1, -0.05) is 103 Å². The summed E-state index contributed by atoms with van der Waals surface area (Å²) in [5.41, 5.74) is 14.5. The molecule has 0 aliphatic carbocycles. The number of hydrogen-bond donors (Lipinski definition) is 0. The molecule has 3 aromatic heterocycles. The second kappa shape index (κ2) is 12.1. The van der Waals surface area contributed by atoms with E-state index in [0.717, 1.165) is 56.3 Å². The summed E-state index contributed by atoms with van der Waals surface area (Å²) in [6, 6.07) is 71.4. The van der Waals surface area contributed by atoms with Crippen molar-refractivity contribution in [3.63, 3.8) is 0 Å². The van der Waals surface area contributed by atoms with E-state index in [4.69, 9.17) is 4.98 Å². The van der Waals surface area contributed by atoms with Gasteiger partial charge in [0.05, 0.1) is 33.1 Å². The second-order valence-electron chi connectivity index (χ2n) is 13.7. The molecule has 0 amide bonds. The molecule has 0 unspecified atom stereocenters. The van der Waals surface area contributed by atoms with Gasteiger partial charge in [-0.2, -0.15) is 0 Å². The zero-order valence-corrected chi connectivity index (χ0v) is 29.3. The van der Waals surface area contributed by atoms with Gasteiger partial charge in [0.25, 0.3) is 0 Å². The summed E-state index contributed by atoms with van der Waals surface area (Å²) >= 11 is 0. The standard InChI is InChI=1S/C49H33N5/c1-3-13-34(14-4-1)35-23-25-37(26-24-35)51(40-31-32-45-42(33-40)41-17-7-9-19-44(41)52(45)36-15-5-2-6-16-36)38-27-29-39(30-28-38)53-47-21-11-12-22-48(47)54-46-20-10-8-18-43(46)50-49(53)54/h1-33H. The summed E-state index contributed by atoms with van der Waals surface area (Å²) < 4.78 is 6.90. The largest absolute Gasteiger partial charge is 0.310 e. The number of anilines is 3. The van der Waals surface area contributed by atoms with Crippen LogP contribution in [0.1, 0.15) is 0 Å². The number of aromatic nitrogens is 4. The molecule has 0 aliphatic heterocycles. The fourth-order valence-electron chi connectivity index (χ4n) is 8.19. The number of nitrogens with zero attached hydrogens (tertiary/aromatic N) is 5. The van der Waals surface area contributed by atoms with E-state index >= 15 is 0 Å². The minimum Gasteiger partial charge on any atom is -0.310 e. The molecule has 0 radical (unpaired) electrons. The van der Waals surface area contributed by atoms with Gasteiger partial charge in [-0.25, -0.2) is 4.98 Å². The van der Waals surface area contributed by atoms with Gasteiger partial charge in [-0.05, 0) is 108 Å². The Morgan fingerprint density at radius 2 is 0.889 bits per heavy atom. The van der Waals surface area contributed by atoms with Crippen molar-refractivity contribution in [1.29, 1.82) is 0 Å². The average Bonchev–Trinajstić information content (AvgIpc) is 3.89. The molecule has 5 nitrogen and oxygen atoms in total. The molecule has 0 aliphatic rings. The first-order valence-corrected chi connectivity index (χ1v) is 18.3. The van der Waals surface area contributed by atoms with Crippen molar-refractivity contribution in [2.24, 2.45) is 0 Å². The maximum Gasteiger partial charge on any atom is 0.220 e. The summed E-state index contributed by atoms with van der Waals surface area (Å²) in [7, 11) is 0. The molecule has 8 aromatic carbocycles. The first-order valence-electron chi connectivity index (χ1n) is 18.3. The van der Waals surface area contributed by atoms with Crippen LogP contribution in [0.5, 0.6) is 0 Å². The average molecular weight is 692 g/mol. The van der Waals surface area contributed by atoms with Crippen LogP contribution in [0.4, 0.5) is 17.1 Å². The molecular weight excluding hydrogens is 659 g/mol. The van der Waals surface area contributed by atoms with E-state index in [1.165, 1.54) is 32.9 Å². The van der Waals surface area contributed by atoms with Crippen LogP contribution in [0.2, 0.25) is 0 Å². The molecule has 54 heavy (non-hydrogen) atoms. The zero-order valence-electron chi connectivity index (χ0n) is 29.3. The normalized spacial score (nSPS) is 11.7. The minimum absolute atomic E-state index is 0.902. The van der Waals surface area contributed by atoms with Gasteiger partial charge in [0.1, 0.15) is 0 Å². The highest BCUT2D eigenvalue weighted by Gasteiger charge is 2.20. The fourth-order valence-corrected chi connectivity index (χ4v) is 8.19. The molecular formula is C49H33N5. The highest BCUT2D eigenvalue weighted by molar-refractivity contribution is 6.10. The highest BCUT2D eigenvalue weighted by Crippen LogP contribution is 2.41. The van der Waals surface area contributed by atoms with Crippen LogP contribution in [0.15, 0.2) is 200 Å². The van der Waals surface area contributed by atoms with Gasteiger partial charge in [-0.3, -0.25) is 8.97 Å². The van der Waals surface area contributed by atoms with Crippen molar-refractivity contribution in [3.8, 4) is 22.5 Å². The summed E-state index contributed by atoms with van der Waals surface area (Å²) in [4.78, 5) is 7.47. The Balaban J connectivity index is 1.09. The van der Waals surface area contributed by atoms with E-state index in [1.54, 1.807) is 0 Å². The lowest BCUT2D eigenvalue weighted by Gasteiger charge is -2.26. The minimum atomic E-state index is 0.902. The third-order valence-electron chi connectivity index (χ3n) is 10.6. The van der Waals surface area contributed by atoms with Gasteiger partial charge in [-0.15, -0.1) is 0 Å². The van der Waals surface area contributed by atoms with Crippen molar-refractivity contribution in [1.82, 2.24) is 18.5 Å². The summed E-state index contributed by atoms with van der Waals surface area (Å²) in [6.45, 7) is 0. The van der Waals surface area contributed by atoms with Crippen LogP contribution < -0.4 is 4.90 Å². The van der Waals surface area contributed by atoms with Crippen molar-refractivity contribution in [2.45, 2.75) is 0 Å². The number of rotatable bonds is 6. The predicted molar refractivity (Wildman–Crippen MR) is 224 cm³/mol. The molecule has 0 fully saturated rings. The van der Waals surface area contributed by atoms with Crippen molar-refractivity contribution < 1.29 is 0 Å². The van der Waals surface area contributed by atoms with E-state index in [1.807, 2.05) is 6.07 Å². The number of hydrogen-bond acceptors (Lipinski definition) is 2. The van der Waals surface area contributed by atoms with Crippen LogP contribution in [0.25, 0.3) is 72.2 Å². The van der Waals surface area contributed by atoms with Gasteiger partial charge in [0.15, 0.2) is 0 Å². The Kier molecular flexibility index (Phi) is 6.79. The Morgan fingerprint density at radius 3 is 1.65 bits per heavy atom. The van der Waals surface area contributed by atoms with Crippen LogP contribution in [0.3, 0.4) is 0 Å². The van der Waals surface area contributed by atoms with Gasteiger partial charge < -0.3 is 9.47 Å². The van der Waals surface area contributed by atoms with Crippen molar-refractivity contribution in [2.75, 3.05) is 4.90 Å². The molecule has 254 valence electrons. The lowest BCUT2D eigenvalue weighted by molar-refractivity contribution is 1.11. The topological polar surface area (TPSA) is 30.4 Å². The van der Waals surface area contributed by atoms with Gasteiger partial charge in [0, 0.05) is 39.2 Å². The Bertz CT molecular complexity index is 3130. The molecule has 5 heteroatoms. The Labute approximate surface area is 311 Å². The Morgan fingerprint density at radius 1 is 0.352 bits per heavy atom. The molecule has 11 rings (SSSR count). The number of imidazole rings is 2. The van der Waals surface area contributed by atoms with E-state index in [0.29, 0.717) is 0 Å². The molecule has 0 saturated heterocycles. The SMILES string of the molecule is c1ccc(-c2ccc(N(c3ccc(-n4c5ccccc5n5c6ccccc6nc45)cc3)c3ccc4c(c3)c3ccccc3n4-c3ccccc3)cc2)cc1. The molecule has 0 atom stereocenters. The van der Waals surface area contributed by atoms with E-state index in [2.05, 4.69) is 213 Å². The fraction of sp³-hybridized carbons (Fsp3) is 0. The predicted octanol–water partition coefficient (Wildman–Crippen LogP) is 12.7. The number of fused-ring (bicyclic) bond motifs is 8. The van der Waals surface area contributed by atoms with Crippen molar-refractivity contribution in [3.05, 3.63) is 200 Å². The van der Waals surface area contributed by atoms with Crippen LogP contribution >= 0.6 is 0 Å². The first kappa shape index (κ1) is 30.3. The van der Waals surface area contributed by atoms with Gasteiger partial charge in [0.2, 0.25) is 5.78 Å². The lowest BCUT2D eigenvalue weighted by Crippen LogP contribution is -2.10. The molecule has 0 bridgehead atoms. The maximum atomic E-state index is 5.11. The van der Waals surface area contributed by atoms with Crippen LogP contribution in [-0.4, -0.2) is 18.5 Å².